The van der Waals surface area contributed by atoms with Gasteiger partial charge in [-0.05, 0) is 106 Å². The molecule has 1 amide bonds. The molecule has 0 saturated carbocycles. The molecular weight excluding hydrogens is 600 g/mol. The van der Waals surface area contributed by atoms with E-state index in [1.165, 1.54) is 0 Å². The first kappa shape index (κ1) is 29.0. The van der Waals surface area contributed by atoms with E-state index in [0.717, 1.165) is 44.2 Å². The predicted octanol–water partition coefficient (Wildman–Crippen LogP) is 8.90. The van der Waals surface area contributed by atoms with Gasteiger partial charge in [0.1, 0.15) is 0 Å². The molecule has 1 heterocycles. The summed E-state index contributed by atoms with van der Waals surface area (Å²) in [6, 6.07) is 20.9. The van der Waals surface area contributed by atoms with Gasteiger partial charge in [0, 0.05) is 14.9 Å². The molecule has 7 heteroatoms. The van der Waals surface area contributed by atoms with Crippen molar-refractivity contribution in [1.82, 2.24) is 4.98 Å². The molecule has 5 nitrogen and oxygen atoms in total. The molecule has 1 N–H and O–H groups in total. The standard InChI is InChI=1S/C34H32BrClN2O3/c1-20-12-13-29(27(35)14-20)37-30(39)19-41-33(40)31-25-10-5-6-11-28(25)38-32-22(15-21-8-7-9-24(36)16-21)17-23(18-26(31)32)34(2,3)4/h5-16,23H,17-19H2,1-4H3,(H,37,39)/b22-15-. The van der Waals surface area contributed by atoms with Crippen molar-refractivity contribution < 1.29 is 14.3 Å². The van der Waals surface area contributed by atoms with Crippen LogP contribution in [0.5, 0.6) is 0 Å². The van der Waals surface area contributed by atoms with Gasteiger partial charge in [0.25, 0.3) is 5.91 Å². The average Bonchev–Trinajstić information content (AvgIpc) is 2.91. The van der Waals surface area contributed by atoms with E-state index in [0.29, 0.717) is 28.2 Å². The third-order valence-corrected chi connectivity index (χ3v) is 8.46. The Kier molecular flexibility index (Phi) is 8.35. The van der Waals surface area contributed by atoms with Crippen molar-refractivity contribution in [2.75, 3.05) is 11.9 Å². The average molecular weight is 632 g/mol. The molecule has 0 fully saturated rings. The number of esters is 1. The molecule has 3 aromatic carbocycles. The van der Waals surface area contributed by atoms with Crippen molar-refractivity contribution in [1.29, 1.82) is 0 Å². The number of ether oxygens (including phenoxy) is 1. The molecule has 1 unspecified atom stereocenters. The number of fused-ring (bicyclic) bond motifs is 2. The maximum atomic E-state index is 13.8. The van der Waals surface area contributed by atoms with Gasteiger partial charge >= 0.3 is 5.97 Å². The van der Waals surface area contributed by atoms with Gasteiger partial charge in [-0.25, -0.2) is 9.78 Å². The van der Waals surface area contributed by atoms with Crippen LogP contribution in [0.3, 0.4) is 0 Å². The number of aromatic nitrogens is 1. The van der Waals surface area contributed by atoms with E-state index in [-0.39, 0.29) is 11.3 Å². The Balaban J connectivity index is 1.54. The van der Waals surface area contributed by atoms with Crippen LogP contribution in [-0.4, -0.2) is 23.5 Å². The lowest BCUT2D eigenvalue weighted by atomic mass is 9.69. The van der Waals surface area contributed by atoms with Crippen LogP contribution >= 0.6 is 27.5 Å². The predicted molar refractivity (Wildman–Crippen MR) is 170 cm³/mol. The minimum absolute atomic E-state index is 0.0146. The molecule has 0 radical (unpaired) electrons. The summed E-state index contributed by atoms with van der Waals surface area (Å²) in [4.78, 5) is 31.6. The molecule has 1 aromatic heterocycles. The second kappa shape index (κ2) is 11.8. The summed E-state index contributed by atoms with van der Waals surface area (Å²) in [5, 5.41) is 4.19. The van der Waals surface area contributed by atoms with Crippen LogP contribution in [0.15, 0.2) is 71.2 Å². The molecule has 0 aliphatic heterocycles. The van der Waals surface area contributed by atoms with Gasteiger partial charge in [0.2, 0.25) is 0 Å². The fraction of sp³-hybridized carbons (Fsp3) is 0.265. The maximum absolute atomic E-state index is 13.8. The number of anilines is 1. The first-order valence-electron chi connectivity index (χ1n) is 13.6. The van der Waals surface area contributed by atoms with Crippen molar-refractivity contribution in [3.8, 4) is 0 Å². The smallest absolute Gasteiger partial charge is 0.339 e. The van der Waals surface area contributed by atoms with Crippen molar-refractivity contribution in [2.24, 2.45) is 11.3 Å². The molecule has 0 saturated heterocycles. The maximum Gasteiger partial charge on any atom is 0.339 e. The molecule has 5 rings (SSSR count). The summed E-state index contributed by atoms with van der Waals surface area (Å²) < 4.78 is 6.42. The van der Waals surface area contributed by atoms with Crippen LogP contribution in [0.2, 0.25) is 5.02 Å². The highest BCUT2D eigenvalue weighted by atomic mass is 79.9. The van der Waals surface area contributed by atoms with Crippen LogP contribution < -0.4 is 5.32 Å². The number of allylic oxidation sites excluding steroid dienone is 1. The summed E-state index contributed by atoms with van der Waals surface area (Å²) in [7, 11) is 0. The Hall–Kier alpha value is -3.48. The quantitative estimate of drug-likeness (QED) is 0.223. The lowest BCUT2D eigenvalue weighted by Gasteiger charge is -2.36. The van der Waals surface area contributed by atoms with Crippen LogP contribution in [0.1, 0.15) is 59.9 Å². The molecule has 1 aliphatic carbocycles. The Morgan fingerprint density at radius 1 is 1.07 bits per heavy atom. The Bertz CT molecular complexity index is 1690. The highest BCUT2D eigenvalue weighted by Crippen LogP contribution is 2.45. The van der Waals surface area contributed by atoms with E-state index < -0.39 is 18.5 Å². The third kappa shape index (κ3) is 6.55. The van der Waals surface area contributed by atoms with Crippen molar-refractivity contribution in [2.45, 2.75) is 40.5 Å². The van der Waals surface area contributed by atoms with Crippen molar-refractivity contribution >= 4 is 67.6 Å². The van der Waals surface area contributed by atoms with E-state index in [2.05, 4.69) is 48.1 Å². The number of carbonyl (C=O) groups excluding carboxylic acids is 2. The van der Waals surface area contributed by atoms with Gasteiger partial charge in [-0.2, -0.15) is 0 Å². The van der Waals surface area contributed by atoms with Gasteiger partial charge in [0.05, 0.1) is 22.5 Å². The summed E-state index contributed by atoms with van der Waals surface area (Å²) in [6.07, 6.45) is 3.61. The number of halogens is 2. The first-order valence-corrected chi connectivity index (χ1v) is 14.8. The zero-order valence-electron chi connectivity index (χ0n) is 23.6. The SMILES string of the molecule is Cc1ccc(NC(=O)COC(=O)c2c3c(nc4ccccc24)/C(=C\c2cccc(Cl)c2)CC(C(C)(C)C)C3)c(Br)c1. The first-order chi connectivity index (χ1) is 19.5. The topological polar surface area (TPSA) is 68.3 Å². The molecular formula is C34H32BrClN2O3. The number of carbonyl (C=O) groups is 2. The Labute approximate surface area is 254 Å². The van der Waals surface area contributed by atoms with Gasteiger partial charge in [-0.15, -0.1) is 0 Å². The second-order valence-corrected chi connectivity index (χ2v) is 12.9. The number of pyridine rings is 1. The number of amides is 1. The summed E-state index contributed by atoms with van der Waals surface area (Å²) >= 11 is 9.77. The van der Waals surface area contributed by atoms with E-state index in [4.69, 9.17) is 21.3 Å². The molecule has 210 valence electrons. The number of hydrogen-bond donors (Lipinski definition) is 1. The highest BCUT2D eigenvalue weighted by Gasteiger charge is 2.35. The lowest BCUT2D eigenvalue weighted by Crippen LogP contribution is -2.29. The number of nitrogens with one attached hydrogen (secondary N) is 1. The molecule has 0 spiro atoms. The molecule has 0 bridgehead atoms. The van der Waals surface area contributed by atoms with E-state index in [1.807, 2.05) is 73.7 Å². The largest absolute Gasteiger partial charge is 0.452 e. The van der Waals surface area contributed by atoms with Crippen LogP contribution in [0.4, 0.5) is 5.69 Å². The van der Waals surface area contributed by atoms with E-state index in [9.17, 15) is 9.59 Å². The fourth-order valence-corrected chi connectivity index (χ4v) is 6.07. The minimum atomic E-state index is -0.533. The number of hydrogen-bond acceptors (Lipinski definition) is 4. The van der Waals surface area contributed by atoms with Gasteiger partial charge < -0.3 is 10.1 Å². The summed E-state index contributed by atoms with van der Waals surface area (Å²) in [6.45, 7) is 8.23. The van der Waals surface area contributed by atoms with Crippen LogP contribution in [-0.2, 0) is 16.0 Å². The third-order valence-electron chi connectivity index (χ3n) is 7.57. The molecule has 1 aliphatic rings. The molecule has 1 atom stereocenters. The highest BCUT2D eigenvalue weighted by molar-refractivity contribution is 9.10. The fourth-order valence-electron chi connectivity index (χ4n) is 5.28. The molecule has 41 heavy (non-hydrogen) atoms. The summed E-state index contributed by atoms with van der Waals surface area (Å²) in [5.74, 6) is -0.684. The zero-order chi connectivity index (χ0) is 29.3. The lowest BCUT2D eigenvalue weighted by molar-refractivity contribution is -0.119. The van der Waals surface area contributed by atoms with Crippen molar-refractivity contribution in [3.63, 3.8) is 0 Å². The van der Waals surface area contributed by atoms with Crippen LogP contribution in [0, 0.1) is 18.3 Å². The van der Waals surface area contributed by atoms with E-state index in [1.54, 1.807) is 0 Å². The van der Waals surface area contributed by atoms with Gasteiger partial charge in [-0.1, -0.05) is 68.8 Å². The normalized spacial score (nSPS) is 16.0. The van der Waals surface area contributed by atoms with Gasteiger partial charge in [-0.3, -0.25) is 4.79 Å². The monoisotopic (exact) mass is 630 g/mol. The van der Waals surface area contributed by atoms with E-state index >= 15 is 0 Å². The number of benzene rings is 3. The number of aryl methyl sites for hydroxylation is 1. The van der Waals surface area contributed by atoms with Gasteiger partial charge in [0.15, 0.2) is 6.61 Å². The number of para-hydroxylation sites is 1. The zero-order valence-corrected chi connectivity index (χ0v) is 25.9. The number of rotatable bonds is 5. The Morgan fingerprint density at radius 2 is 1.85 bits per heavy atom. The van der Waals surface area contributed by atoms with Crippen molar-refractivity contribution in [3.05, 3.63) is 104 Å². The second-order valence-electron chi connectivity index (χ2n) is 11.6. The van der Waals surface area contributed by atoms with Crippen LogP contribution in [0.25, 0.3) is 22.6 Å². The minimum Gasteiger partial charge on any atom is -0.452 e. The number of nitrogens with zero attached hydrogens (tertiary/aromatic N) is 1. The molecule has 4 aromatic rings. The Morgan fingerprint density at radius 3 is 2.59 bits per heavy atom. The summed E-state index contributed by atoms with van der Waals surface area (Å²) in [5.41, 5.74) is 6.53.